The fourth-order valence-corrected chi connectivity index (χ4v) is 2.50. The lowest BCUT2D eigenvalue weighted by Crippen LogP contribution is -2.19. The summed E-state index contributed by atoms with van der Waals surface area (Å²) < 4.78 is 9.40. The van der Waals surface area contributed by atoms with Crippen LogP contribution in [-0.4, -0.2) is 15.8 Å². The first-order chi connectivity index (χ1) is 7.79. The lowest BCUT2D eigenvalue weighted by Gasteiger charge is -2.13. The Morgan fingerprint density at radius 3 is 3.00 bits per heavy atom. The molecule has 0 spiro atoms. The second-order valence-corrected chi connectivity index (χ2v) is 4.98. The van der Waals surface area contributed by atoms with Crippen molar-refractivity contribution in [3.8, 4) is 0 Å². The number of nitrogens with one attached hydrogen (secondary N) is 1. The van der Waals surface area contributed by atoms with Gasteiger partial charge in [0.05, 0.1) is 29.7 Å². The van der Waals surface area contributed by atoms with Crippen LogP contribution in [-0.2, 0) is 6.42 Å². The first-order valence-electron chi connectivity index (χ1n) is 4.99. The maximum absolute atomic E-state index is 4.26. The number of likely N-dealkylation sites (N-methyl/N-ethyl adjacent to an activating group) is 1. The summed E-state index contributed by atoms with van der Waals surface area (Å²) in [6.07, 6.45) is 2.74. The summed E-state index contributed by atoms with van der Waals surface area (Å²) in [6.45, 7) is 0. The average Bonchev–Trinajstić information content (AvgIpc) is 2.79. The Hall–Kier alpha value is -0.780. The third-order valence-corrected chi connectivity index (χ3v) is 3.40. The van der Waals surface area contributed by atoms with E-state index >= 15 is 0 Å². The standard InChI is InChI=1S/C11H12BrN3S/c1-13-10(11-7-14-16-15-11)6-8-3-2-4-9(12)5-8/h2-5,7,10,13H,6H2,1H3. The fraction of sp³-hybridized carbons (Fsp3) is 0.273. The summed E-state index contributed by atoms with van der Waals surface area (Å²) in [4.78, 5) is 0. The number of rotatable bonds is 4. The van der Waals surface area contributed by atoms with Crippen molar-refractivity contribution in [3.05, 3.63) is 46.2 Å². The van der Waals surface area contributed by atoms with E-state index in [1.807, 2.05) is 25.4 Å². The molecule has 16 heavy (non-hydrogen) atoms. The summed E-state index contributed by atoms with van der Waals surface area (Å²) in [5.74, 6) is 0. The minimum Gasteiger partial charge on any atom is -0.311 e. The largest absolute Gasteiger partial charge is 0.311 e. The molecule has 3 nitrogen and oxygen atoms in total. The molecule has 1 heterocycles. The number of halogens is 1. The molecule has 0 radical (unpaired) electrons. The molecule has 0 aliphatic rings. The molecular weight excluding hydrogens is 286 g/mol. The molecule has 1 aromatic heterocycles. The maximum Gasteiger partial charge on any atom is 0.0915 e. The first kappa shape index (κ1) is 11.7. The normalized spacial score (nSPS) is 12.6. The first-order valence-corrected chi connectivity index (χ1v) is 6.51. The lowest BCUT2D eigenvalue weighted by atomic mass is 10.0. The van der Waals surface area contributed by atoms with Crippen LogP contribution in [0.5, 0.6) is 0 Å². The Morgan fingerprint density at radius 2 is 2.38 bits per heavy atom. The molecule has 1 unspecified atom stereocenters. The van der Waals surface area contributed by atoms with Crippen LogP contribution >= 0.6 is 27.7 Å². The minimum absolute atomic E-state index is 0.230. The van der Waals surface area contributed by atoms with Crippen molar-refractivity contribution in [2.75, 3.05) is 7.05 Å². The zero-order valence-corrected chi connectivity index (χ0v) is 11.3. The van der Waals surface area contributed by atoms with Gasteiger partial charge in [-0.05, 0) is 31.2 Å². The Bertz CT molecular complexity index is 444. The Balaban J connectivity index is 2.13. The van der Waals surface area contributed by atoms with Gasteiger partial charge in [-0.25, -0.2) is 0 Å². The lowest BCUT2D eigenvalue weighted by molar-refractivity contribution is 0.580. The van der Waals surface area contributed by atoms with Crippen molar-refractivity contribution >= 4 is 27.7 Å². The maximum atomic E-state index is 4.26. The van der Waals surface area contributed by atoms with Gasteiger partial charge < -0.3 is 5.32 Å². The predicted octanol–water partition coefficient (Wildman–Crippen LogP) is 2.80. The molecule has 0 amide bonds. The van der Waals surface area contributed by atoms with E-state index in [4.69, 9.17) is 0 Å². The number of hydrogen-bond acceptors (Lipinski definition) is 4. The molecule has 0 bridgehead atoms. The van der Waals surface area contributed by atoms with Gasteiger partial charge in [-0.1, -0.05) is 28.1 Å². The predicted molar refractivity (Wildman–Crippen MR) is 69.6 cm³/mol. The highest BCUT2D eigenvalue weighted by atomic mass is 79.9. The van der Waals surface area contributed by atoms with E-state index < -0.39 is 0 Å². The monoisotopic (exact) mass is 297 g/mol. The molecule has 2 rings (SSSR count). The molecule has 84 valence electrons. The number of aromatic nitrogens is 2. The van der Waals surface area contributed by atoms with Crippen molar-refractivity contribution in [2.45, 2.75) is 12.5 Å². The molecule has 2 aromatic rings. The van der Waals surface area contributed by atoms with Crippen LogP contribution in [0.2, 0.25) is 0 Å². The summed E-state index contributed by atoms with van der Waals surface area (Å²) in [7, 11) is 1.95. The molecule has 1 aromatic carbocycles. The number of hydrogen-bond donors (Lipinski definition) is 1. The Labute approximate surface area is 107 Å². The van der Waals surface area contributed by atoms with Gasteiger partial charge >= 0.3 is 0 Å². The van der Waals surface area contributed by atoms with Crippen molar-refractivity contribution in [3.63, 3.8) is 0 Å². The van der Waals surface area contributed by atoms with E-state index in [0.717, 1.165) is 16.6 Å². The van der Waals surface area contributed by atoms with Gasteiger partial charge in [0.1, 0.15) is 0 Å². The Morgan fingerprint density at radius 1 is 1.50 bits per heavy atom. The van der Waals surface area contributed by atoms with Gasteiger partial charge in [-0.3, -0.25) is 0 Å². The molecule has 1 N–H and O–H groups in total. The summed E-state index contributed by atoms with van der Waals surface area (Å²) in [5.41, 5.74) is 2.29. The molecule has 5 heteroatoms. The quantitative estimate of drug-likeness (QED) is 0.943. The topological polar surface area (TPSA) is 37.8 Å². The SMILES string of the molecule is CNC(Cc1cccc(Br)c1)c1cnsn1. The van der Waals surface area contributed by atoms with Gasteiger partial charge in [0.15, 0.2) is 0 Å². The van der Waals surface area contributed by atoms with Crippen molar-refractivity contribution < 1.29 is 0 Å². The molecule has 0 fully saturated rings. The van der Waals surface area contributed by atoms with E-state index in [0.29, 0.717) is 0 Å². The van der Waals surface area contributed by atoms with Crippen molar-refractivity contribution in [1.82, 2.24) is 14.1 Å². The third-order valence-electron chi connectivity index (χ3n) is 2.41. The second kappa shape index (κ2) is 5.52. The van der Waals surface area contributed by atoms with Crippen LogP contribution in [0.4, 0.5) is 0 Å². The Kier molecular flexibility index (Phi) is 4.04. The van der Waals surface area contributed by atoms with Crippen LogP contribution in [0.25, 0.3) is 0 Å². The molecule has 0 saturated heterocycles. The third kappa shape index (κ3) is 2.87. The average molecular weight is 298 g/mol. The van der Waals surface area contributed by atoms with Crippen LogP contribution in [0.1, 0.15) is 17.3 Å². The molecular formula is C11H12BrN3S. The van der Waals surface area contributed by atoms with Gasteiger partial charge in [-0.15, -0.1) is 0 Å². The van der Waals surface area contributed by atoms with Crippen LogP contribution in [0.3, 0.4) is 0 Å². The van der Waals surface area contributed by atoms with E-state index in [1.54, 1.807) is 0 Å². The molecule has 1 atom stereocenters. The highest BCUT2D eigenvalue weighted by Gasteiger charge is 2.12. The van der Waals surface area contributed by atoms with Gasteiger partial charge in [0.2, 0.25) is 0 Å². The van der Waals surface area contributed by atoms with Crippen LogP contribution in [0.15, 0.2) is 34.9 Å². The smallest absolute Gasteiger partial charge is 0.0915 e. The van der Waals surface area contributed by atoms with Gasteiger partial charge in [0, 0.05) is 4.47 Å². The molecule has 0 aliphatic heterocycles. The van der Waals surface area contributed by atoms with Crippen LogP contribution in [0, 0.1) is 0 Å². The van der Waals surface area contributed by atoms with Crippen molar-refractivity contribution in [1.29, 1.82) is 0 Å². The van der Waals surface area contributed by atoms with E-state index in [9.17, 15) is 0 Å². The van der Waals surface area contributed by atoms with E-state index in [2.05, 4.69) is 42.1 Å². The van der Waals surface area contributed by atoms with Crippen LogP contribution < -0.4 is 5.32 Å². The zero-order chi connectivity index (χ0) is 11.4. The summed E-state index contributed by atoms with van der Waals surface area (Å²) in [6, 6.07) is 8.56. The number of nitrogens with zero attached hydrogens (tertiary/aromatic N) is 2. The molecule has 0 saturated carbocycles. The summed E-state index contributed by atoms with van der Waals surface area (Å²) >= 11 is 4.72. The van der Waals surface area contributed by atoms with E-state index in [1.165, 1.54) is 17.3 Å². The minimum atomic E-state index is 0.230. The fourth-order valence-electron chi connectivity index (χ4n) is 1.58. The van der Waals surface area contributed by atoms with Gasteiger partial charge in [0.25, 0.3) is 0 Å². The highest BCUT2D eigenvalue weighted by molar-refractivity contribution is 9.10. The molecule has 0 aliphatic carbocycles. The summed E-state index contributed by atoms with van der Waals surface area (Å²) in [5, 5.41) is 3.26. The second-order valence-electron chi connectivity index (χ2n) is 3.51. The van der Waals surface area contributed by atoms with Gasteiger partial charge in [-0.2, -0.15) is 8.75 Å². The zero-order valence-electron chi connectivity index (χ0n) is 8.85. The highest BCUT2D eigenvalue weighted by Crippen LogP contribution is 2.19. The van der Waals surface area contributed by atoms with E-state index in [-0.39, 0.29) is 6.04 Å². The number of benzene rings is 1. The van der Waals surface area contributed by atoms with Crippen molar-refractivity contribution in [2.24, 2.45) is 0 Å².